The average molecular weight is 283 g/mol. The maximum absolute atomic E-state index is 11.9. The molecule has 19 heavy (non-hydrogen) atoms. The van der Waals surface area contributed by atoms with Crippen molar-refractivity contribution in [3.8, 4) is 0 Å². The van der Waals surface area contributed by atoms with Gasteiger partial charge < -0.3 is 9.30 Å². The third-order valence-electron chi connectivity index (χ3n) is 3.14. The molecular formula is C14H21NO3S. The van der Waals surface area contributed by atoms with E-state index >= 15 is 0 Å². The number of thioether (sulfide) groups is 1. The summed E-state index contributed by atoms with van der Waals surface area (Å²) in [6.45, 7) is 6.42. The number of aromatic nitrogens is 1. The van der Waals surface area contributed by atoms with Gasteiger partial charge in [0.2, 0.25) is 0 Å². The zero-order valence-electron chi connectivity index (χ0n) is 11.9. The van der Waals surface area contributed by atoms with Crippen LogP contribution in [-0.2, 0) is 16.1 Å². The molecule has 0 aromatic carbocycles. The van der Waals surface area contributed by atoms with Gasteiger partial charge in [-0.3, -0.25) is 9.59 Å². The molecule has 0 N–H and O–H groups in total. The highest BCUT2D eigenvalue weighted by atomic mass is 32.2. The molecule has 1 heterocycles. The van der Waals surface area contributed by atoms with E-state index in [1.54, 1.807) is 23.8 Å². The van der Waals surface area contributed by atoms with Gasteiger partial charge in [-0.15, -0.1) is 11.8 Å². The number of carbonyl (C=O) groups excluding carboxylic acids is 1. The smallest absolute Gasteiger partial charge is 0.321 e. The van der Waals surface area contributed by atoms with Gasteiger partial charge >= 0.3 is 5.97 Å². The Balaban J connectivity index is 2.77. The maximum atomic E-state index is 11.9. The van der Waals surface area contributed by atoms with Crippen LogP contribution in [0.3, 0.4) is 0 Å². The summed E-state index contributed by atoms with van der Waals surface area (Å²) in [5, 5.41) is 0. The zero-order valence-corrected chi connectivity index (χ0v) is 12.8. The van der Waals surface area contributed by atoms with E-state index in [2.05, 4.69) is 0 Å². The molecule has 0 aliphatic heterocycles. The molecule has 1 atom stereocenters. The summed E-state index contributed by atoms with van der Waals surface area (Å²) in [6, 6.07) is 3.49. The van der Waals surface area contributed by atoms with Crippen LogP contribution in [0.5, 0.6) is 0 Å². The van der Waals surface area contributed by atoms with Crippen LogP contribution in [0.25, 0.3) is 0 Å². The van der Waals surface area contributed by atoms with E-state index < -0.39 is 4.75 Å². The molecule has 0 aliphatic rings. The Hall–Kier alpha value is -1.23. The Kier molecular flexibility index (Phi) is 5.66. The lowest BCUT2D eigenvalue weighted by Gasteiger charge is -2.25. The molecule has 0 saturated heterocycles. The van der Waals surface area contributed by atoms with Crippen molar-refractivity contribution in [3.63, 3.8) is 0 Å². The highest BCUT2D eigenvalue weighted by molar-refractivity contribution is 8.00. The van der Waals surface area contributed by atoms with E-state index in [-0.39, 0.29) is 11.5 Å². The summed E-state index contributed by atoms with van der Waals surface area (Å²) in [5.74, 6) is -0.220. The quantitative estimate of drug-likeness (QED) is 0.751. The zero-order chi connectivity index (χ0) is 14.5. The highest BCUT2D eigenvalue weighted by Crippen LogP contribution is 2.28. The lowest BCUT2D eigenvalue weighted by atomic mass is 10.1. The lowest BCUT2D eigenvalue weighted by Crippen LogP contribution is -2.35. The lowest BCUT2D eigenvalue weighted by molar-refractivity contribution is -0.145. The first-order valence-corrected chi connectivity index (χ1v) is 7.55. The topological polar surface area (TPSA) is 48.3 Å². The molecule has 1 aromatic heterocycles. The molecule has 0 bridgehead atoms. The van der Waals surface area contributed by atoms with Crippen LogP contribution in [0, 0.1) is 6.92 Å². The van der Waals surface area contributed by atoms with E-state index in [1.807, 2.05) is 26.2 Å². The van der Waals surface area contributed by atoms with Gasteiger partial charge in [0.15, 0.2) is 0 Å². The van der Waals surface area contributed by atoms with Gasteiger partial charge in [0.1, 0.15) is 4.75 Å². The third-order valence-corrected chi connectivity index (χ3v) is 4.41. The Bertz CT molecular complexity index is 498. The Labute approximate surface area is 118 Å². The first kappa shape index (κ1) is 15.8. The summed E-state index contributed by atoms with van der Waals surface area (Å²) in [5.41, 5.74) is 0.909. The highest BCUT2D eigenvalue weighted by Gasteiger charge is 2.33. The van der Waals surface area contributed by atoms with Crippen LogP contribution in [-0.4, -0.2) is 28.1 Å². The number of carbonyl (C=O) groups is 1. The van der Waals surface area contributed by atoms with Gasteiger partial charge in [0, 0.05) is 18.8 Å². The van der Waals surface area contributed by atoms with Gasteiger partial charge in [-0.1, -0.05) is 0 Å². The summed E-state index contributed by atoms with van der Waals surface area (Å²) in [7, 11) is 0. The second-order valence-electron chi connectivity index (χ2n) is 4.64. The predicted octanol–water partition coefficient (Wildman–Crippen LogP) is 2.23. The fraction of sp³-hybridized carbons (Fsp3) is 0.571. The summed E-state index contributed by atoms with van der Waals surface area (Å²) in [4.78, 5) is 23.7. The minimum absolute atomic E-state index is 0.0349. The summed E-state index contributed by atoms with van der Waals surface area (Å²) >= 11 is 1.46. The van der Waals surface area contributed by atoms with E-state index in [0.29, 0.717) is 19.6 Å². The molecular weight excluding hydrogens is 262 g/mol. The number of hydrogen-bond acceptors (Lipinski definition) is 4. The van der Waals surface area contributed by atoms with Crippen LogP contribution >= 0.6 is 11.8 Å². The molecule has 4 nitrogen and oxygen atoms in total. The minimum atomic E-state index is -0.611. The first-order chi connectivity index (χ1) is 8.92. The van der Waals surface area contributed by atoms with E-state index in [1.165, 1.54) is 11.8 Å². The van der Waals surface area contributed by atoms with Crippen molar-refractivity contribution in [1.82, 2.24) is 4.57 Å². The third kappa shape index (κ3) is 4.13. The molecule has 0 fully saturated rings. The number of rotatable bonds is 6. The Morgan fingerprint density at radius 3 is 2.74 bits per heavy atom. The molecule has 0 spiro atoms. The summed E-state index contributed by atoms with van der Waals surface area (Å²) < 4.78 is 6.10. The van der Waals surface area contributed by atoms with E-state index in [0.717, 1.165) is 5.56 Å². The number of esters is 1. The molecule has 1 aromatic rings. The molecule has 1 rings (SSSR count). The second kappa shape index (κ2) is 6.80. The van der Waals surface area contributed by atoms with Gasteiger partial charge in [0.05, 0.1) is 6.61 Å². The van der Waals surface area contributed by atoms with Crippen LogP contribution in [0.2, 0.25) is 0 Å². The van der Waals surface area contributed by atoms with Crippen molar-refractivity contribution in [3.05, 3.63) is 34.2 Å². The van der Waals surface area contributed by atoms with Crippen molar-refractivity contribution >= 4 is 17.7 Å². The Morgan fingerprint density at radius 2 is 2.21 bits per heavy atom. The van der Waals surface area contributed by atoms with E-state index in [9.17, 15) is 9.59 Å². The van der Waals surface area contributed by atoms with Gasteiger partial charge in [-0.2, -0.15) is 0 Å². The number of ether oxygens (including phenoxy) is 1. The average Bonchev–Trinajstić information content (AvgIpc) is 2.37. The molecule has 0 radical (unpaired) electrons. The monoisotopic (exact) mass is 283 g/mol. The van der Waals surface area contributed by atoms with Crippen molar-refractivity contribution in [2.24, 2.45) is 0 Å². The molecule has 0 aliphatic carbocycles. The number of hydrogen-bond donors (Lipinski definition) is 0. The van der Waals surface area contributed by atoms with E-state index in [4.69, 9.17) is 4.74 Å². The van der Waals surface area contributed by atoms with Crippen LogP contribution < -0.4 is 5.56 Å². The molecule has 0 saturated carbocycles. The fourth-order valence-corrected chi connectivity index (χ4v) is 2.22. The van der Waals surface area contributed by atoms with Crippen molar-refractivity contribution in [2.75, 3.05) is 12.9 Å². The molecule has 1 unspecified atom stereocenters. The standard InChI is InChI=1S/C14H21NO3S/c1-5-18-13(17)14(3,19-4)7-9-15-8-6-11(2)10-12(15)16/h6,8,10H,5,7,9H2,1-4H3. The molecule has 5 heteroatoms. The first-order valence-electron chi connectivity index (χ1n) is 6.32. The van der Waals surface area contributed by atoms with Crippen molar-refractivity contribution < 1.29 is 9.53 Å². The normalized spacial score (nSPS) is 13.9. The van der Waals surface area contributed by atoms with Crippen LogP contribution in [0.1, 0.15) is 25.8 Å². The van der Waals surface area contributed by atoms with Gasteiger partial charge in [0.25, 0.3) is 5.56 Å². The fourth-order valence-electron chi connectivity index (χ4n) is 1.70. The molecule has 0 amide bonds. The van der Waals surface area contributed by atoms with Gasteiger partial charge in [-0.25, -0.2) is 0 Å². The minimum Gasteiger partial charge on any atom is -0.465 e. The second-order valence-corrected chi connectivity index (χ2v) is 5.95. The number of pyridine rings is 1. The number of aryl methyl sites for hydroxylation is 2. The largest absolute Gasteiger partial charge is 0.465 e. The summed E-state index contributed by atoms with van der Waals surface area (Å²) in [6.07, 6.45) is 4.22. The SMILES string of the molecule is CCOC(=O)C(C)(CCn1ccc(C)cc1=O)SC. The Morgan fingerprint density at radius 1 is 1.53 bits per heavy atom. The number of nitrogens with zero attached hydrogens (tertiary/aromatic N) is 1. The molecule has 106 valence electrons. The van der Waals surface area contributed by atoms with Crippen molar-refractivity contribution in [2.45, 2.75) is 38.5 Å². The van der Waals surface area contributed by atoms with Crippen LogP contribution in [0.15, 0.2) is 23.1 Å². The van der Waals surface area contributed by atoms with Crippen molar-refractivity contribution in [1.29, 1.82) is 0 Å². The predicted molar refractivity (Wildman–Crippen MR) is 78.6 cm³/mol. The van der Waals surface area contributed by atoms with Gasteiger partial charge in [-0.05, 0) is 45.1 Å². The van der Waals surface area contributed by atoms with Crippen LogP contribution in [0.4, 0.5) is 0 Å². The maximum Gasteiger partial charge on any atom is 0.321 e.